The number of aryl methyl sites for hydroxylation is 1. The van der Waals surface area contributed by atoms with Crippen LogP contribution in [0.4, 0.5) is 0 Å². The first-order valence-electron chi connectivity index (χ1n) is 12.3. The van der Waals surface area contributed by atoms with Gasteiger partial charge in [0.1, 0.15) is 0 Å². The van der Waals surface area contributed by atoms with E-state index < -0.39 is 0 Å². The van der Waals surface area contributed by atoms with Gasteiger partial charge < -0.3 is 4.90 Å². The minimum Gasteiger partial charge on any atom is -0.339 e. The van der Waals surface area contributed by atoms with E-state index in [1.54, 1.807) is 27.7 Å². The Balaban J connectivity index is 1.38. The number of para-hydroxylation sites is 1. The lowest BCUT2D eigenvalue weighted by Gasteiger charge is -2.27. The molecule has 36 heavy (non-hydrogen) atoms. The van der Waals surface area contributed by atoms with Gasteiger partial charge in [0.05, 0.1) is 17.4 Å². The van der Waals surface area contributed by atoms with Crippen LogP contribution in [0.25, 0.3) is 16.5 Å². The van der Waals surface area contributed by atoms with Crippen LogP contribution in [0.2, 0.25) is 0 Å². The van der Waals surface area contributed by atoms with Gasteiger partial charge in [-0.1, -0.05) is 72.8 Å². The molecule has 5 rings (SSSR count). The largest absolute Gasteiger partial charge is 0.339 e. The lowest BCUT2D eigenvalue weighted by Crippen LogP contribution is -2.42. The number of amides is 1. The smallest absolute Gasteiger partial charge is 0.331 e. The van der Waals surface area contributed by atoms with Gasteiger partial charge in [0.2, 0.25) is 5.91 Å². The molecule has 4 aromatic rings. The number of fused-ring (bicyclic) bond motifs is 1. The normalized spacial score (nSPS) is 13.6. The van der Waals surface area contributed by atoms with Crippen molar-refractivity contribution >= 4 is 22.4 Å². The van der Waals surface area contributed by atoms with E-state index in [-0.39, 0.29) is 30.1 Å². The third-order valence-electron chi connectivity index (χ3n) is 6.98. The Hall–Kier alpha value is -4.19. The molecular weight excluding hydrogens is 450 g/mol. The molecule has 0 aliphatic carbocycles. The number of carbonyl (C=O) groups is 1. The maximum Gasteiger partial charge on any atom is 0.331 e. The molecule has 6 nitrogen and oxygen atoms in total. The fourth-order valence-corrected chi connectivity index (χ4v) is 4.85. The van der Waals surface area contributed by atoms with Gasteiger partial charge in [0, 0.05) is 26.1 Å². The van der Waals surface area contributed by atoms with Crippen LogP contribution in [0.1, 0.15) is 29.5 Å². The van der Waals surface area contributed by atoms with Crippen LogP contribution in [0.5, 0.6) is 0 Å². The topological polar surface area (TPSA) is 64.3 Å². The summed E-state index contributed by atoms with van der Waals surface area (Å²) < 4.78 is 2.85. The fraction of sp³-hybridized carbons (Fsp3) is 0.233. The van der Waals surface area contributed by atoms with Gasteiger partial charge in [-0.25, -0.2) is 4.79 Å². The average molecular weight is 480 g/mol. The zero-order chi connectivity index (χ0) is 25.1. The predicted octanol–water partition coefficient (Wildman–Crippen LogP) is 4.23. The first-order chi connectivity index (χ1) is 17.5. The molecule has 0 fully saturated rings. The molecule has 1 aliphatic rings. The minimum absolute atomic E-state index is 0.0525. The summed E-state index contributed by atoms with van der Waals surface area (Å²) in [4.78, 5) is 41.5. The molecule has 1 aromatic heterocycles. The SMILES string of the molecule is Cc1ccccc1Cn1c(=O)n(CCC(=O)N2CC=C(c3ccccc3)CC2)c(=O)c2ccccc21. The molecule has 0 radical (unpaired) electrons. The zero-order valence-electron chi connectivity index (χ0n) is 20.4. The van der Waals surface area contributed by atoms with E-state index in [2.05, 4.69) is 18.2 Å². The molecule has 3 aromatic carbocycles. The summed E-state index contributed by atoms with van der Waals surface area (Å²) in [6.45, 7) is 3.59. The average Bonchev–Trinajstić information content (AvgIpc) is 2.92. The van der Waals surface area contributed by atoms with E-state index in [0.717, 1.165) is 17.5 Å². The van der Waals surface area contributed by atoms with Crippen LogP contribution < -0.4 is 11.2 Å². The number of rotatable bonds is 6. The highest BCUT2D eigenvalue weighted by Gasteiger charge is 2.20. The maximum absolute atomic E-state index is 13.5. The summed E-state index contributed by atoms with van der Waals surface area (Å²) in [6, 6.07) is 25.3. The van der Waals surface area contributed by atoms with Crippen molar-refractivity contribution in [3.8, 4) is 0 Å². The van der Waals surface area contributed by atoms with Crippen LogP contribution in [0.15, 0.2) is 94.5 Å². The molecule has 0 saturated heterocycles. The minimum atomic E-state index is -0.389. The maximum atomic E-state index is 13.5. The zero-order valence-corrected chi connectivity index (χ0v) is 20.4. The second-order valence-electron chi connectivity index (χ2n) is 9.20. The molecule has 1 aliphatic heterocycles. The van der Waals surface area contributed by atoms with Crippen molar-refractivity contribution in [2.45, 2.75) is 32.9 Å². The first kappa shape index (κ1) is 23.5. The molecule has 2 heterocycles. The van der Waals surface area contributed by atoms with E-state index in [1.807, 2.05) is 55.5 Å². The van der Waals surface area contributed by atoms with E-state index in [1.165, 1.54) is 15.7 Å². The third-order valence-corrected chi connectivity index (χ3v) is 6.98. The van der Waals surface area contributed by atoms with Crippen molar-refractivity contribution in [3.05, 3.63) is 122 Å². The van der Waals surface area contributed by atoms with Crippen LogP contribution in [0.3, 0.4) is 0 Å². The second-order valence-corrected chi connectivity index (χ2v) is 9.20. The summed E-state index contributed by atoms with van der Waals surface area (Å²) in [5, 5.41) is 0.478. The van der Waals surface area contributed by atoms with Crippen molar-refractivity contribution in [3.63, 3.8) is 0 Å². The Kier molecular flexibility index (Phi) is 6.67. The number of hydrogen-bond donors (Lipinski definition) is 0. The Bertz CT molecular complexity index is 1560. The lowest BCUT2D eigenvalue weighted by atomic mass is 9.99. The molecule has 182 valence electrons. The quantitative estimate of drug-likeness (QED) is 0.416. The number of hydrogen-bond acceptors (Lipinski definition) is 3. The number of nitrogens with zero attached hydrogens (tertiary/aromatic N) is 3. The van der Waals surface area contributed by atoms with Gasteiger partial charge >= 0.3 is 5.69 Å². The van der Waals surface area contributed by atoms with Gasteiger partial charge in [-0.3, -0.25) is 18.7 Å². The van der Waals surface area contributed by atoms with Crippen molar-refractivity contribution in [2.24, 2.45) is 0 Å². The van der Waals surface area contributed by atoms with Crippen LogP contribution in [0, 0.1) is 6.92 Å². The van der Waals surface area contributed by atoms with E-state index in [0.29, 0.717) is 30.5 Å². The molecule has 0 unspecified atom stereocenters. The fourth-order valence-electron chi connectivity index (χ4n) is 4.85. The van der Waals surface area contributed by atoms with Crippen molar-refractivity contribution in [1.29, 1.82) is 0 Å². The third kappa shape index (κ3) is 4.67. The summed E-state index contributed by atoms with van der Waals surface area (Å²) >= 11 is 0. The van der Waals surface area contributed by atoms with E-state index in [9.17, 15) is 14.4 Å². The molecule has 0 atom stereocenters. The summed E-state index contributed by atoms with van der Waals surface area (Å²) in [5.74, 6) is -0.0525. The standard InChI is InChI=1S/C30H29N3O3/c1-22-9-5-6-12-25(22)21-33-27-14-8-7-13-26(27)29(35)32(30(33)36)20-17-28(34)31-18-15-24(16-19-31)23-10-3-2-4-11-23/h2-15H,16-21H2,1H3. The van der Waals surface area contributed by atoms with Crippen molar-refractivity contribution in [1.82, 2.24) is 14.0 Å². The summed E-state index contributed by atoms with van der Waals surface area (Å²) in [7, 11) is 0. The summed E-state index contributed by atoms with van der Waals surface area (Å²) in [5.41, 5.74) is 4.38. The number of aromatic nitrogens is 2. The Morgan fingerprint density at radius 2 is 1.58 bits per heavy atom. The van der Waals surface area contributed by atoms with Crippen LogP contribution >= 0.6 is 0 Å². The van der Waals surface area contributed by atoms with Crippen molar-refractivity contribution < 1.29 is 4.79 Å². The number of carbonyl (C=O) groups excluding carboxylic acids is 1. The Morgan fingerprint density at radius 3 is 2.33 bits per heavy atom. The highest BCUT2D eigenvalue weighted by atomic mass is 16.2. The first-order valence-corrected chi connectivity index (χ1v) is 12.3. The molecular formula is C30H29N3O3. The number of benzene rings is 3. The second kappa shape index (κ2) is 10.2. The van der Waals surface area contributed by atoms with Gasteiger partial charge in [0.25, 0.3) is 5.56 Å². The Morgan fingerprint density at radius 1 is 0.861 bits per heavy atom. The summed E-state index contributed by atoms with van der Waals surface area (Å²) in [6.07, 6.45) is 2.98. The van der Waals surface area contributed by atoms with Gasteiger partial charge in [-0.15, -0.1) is 0 Å². The van der Waals surface area contributed by atoms with Crippen LogP contribution in [-0.4, -0.2) is 33.0 Å². The van der Waals surface area contributed by atoms with Gasteiger partial charge in [-0.2, -0.15) is 0 Å². The molecule has 0 bridgehead atoms. The van der Waals surface area contributed by atoms with Crippen molar-refractivity contribution in [2.75, 3.05) is 13.1 Å². The highest BCUT2D eigenvalue weighted by molar-refractivity contribution is 5.79. The van der Waals surface area contributed by atoms with Gasteiger partial charge in [0.15, 0.2) is 0 Å². The molecule has 0 N–H and O–H groups in total. The monoisotopic (exact) mass is 479 g/mol. The van der Waals surface area contributed by atoms with E-state index in [4.69, 9.17) is 0 Å². The molecule has 0 spiro atoms. The van der Waals surface area contributed by atoms with E-state index >= 15 is 0 Å². The van der Waals surface area contributed by atoms with Crippen LogP contribution in [-0.2, 0) is 17.9 Å². The van der Waals surface area contributed by atoms with Gasteiger partial charge in [-0.05, 0) is 47.7 Å². The highest BCUT2D eigenvalue weighted by Crippen LogP contribution is 2.22. The lowest BCUT2D eigenvalue weighted by molar-refractivity contribution is -0.131. The molecule has 0 saturated carbocycles. The molecule has 6 heteroatoms. The predicted molar refractivity (Wildman–Crippen MR) is 143 cm³/mol. The Labute approximate surface area is 209 Å². The molecule has 1 amide bonds.